The van der Waals surface area contributed by atoms with Gasteiger partial charge in [-0.3, -0.25) is 4.90 Å². The Labute approximate surface area is 104 Å². The predicted octanol–water partition coefficient (Wildman–Crippen LogP) is -0.0597. The molecule has 0 amide bonds. The molecule has 0 spiro atoms. The van der Waals surface area contributed by atoms with Gasteiger partial charge in [0.2, 0.25) is 0 Å². The van der Waals surface area contributed by atoms with Crippen LogP contribution in [-0.4, -0.2) is 48.3 Å². The number of hydrogen-bond acceptors (Lipinski definition) is 5. The fraction of sp³-hybridized carbons (Fsp3) is 0.455. The van der Waals surface area contributed by atoms with Gasteiger partial charge in [0.15, 0.2) is 9.84 Å². The van der Waals surface area contributed by atoms with Crippen LogP contribution in [0.25, 0.3) is 0 Å². The zero-order chi connectivity index (χ0) is 13.5. The Kier molecular flexibility index (Phi) is 3.41. The lowest BCUT2D eigenvalue weighted by molar-refractivity contribution is -0.0267. The van der Waals surface area contributed by atoms with Crippen molar-refractivity contribution in [3.05, 3.63) is 30.1 Å². The predicted molar refractivity (Wildman–Crippen MR) is 61.8 cm³/mol. The summed E-state index contributed by atoms with van der Waals surface area (Å²) in [6, 6.07) is 4.48. The van der Waals surface area contributed by atoms with Crippen LogP contribution >= 0.6 is 0 Å². The normalized spacial score (nSPS) is 29.7. The molecule has 7 heteroatoms. The molecule has 18 heavy (non-hydrogen) atoms. The van der Waals surface area contributed by atoms with Crippen molar-refractivity contribution in [2.24, 2.45) is 0 Å². The van der Waals surface area contributed by atoms with Gasteiger partial charge >= 0.3 is 0 Å². The van der Waals surface area contributed by atoms with E-state index in [2.05, 4.69) is 0 Å². The van der Waals surface area contributed by atoms with Gasteiger partial charge in [-0.25, -0.2) is 12.8 Å². The van der Waals surface area contributed by atoms with Gasteiger partial charge in [-0.05, 0) is 31.3 Å². The van der Waals surface area contributed by atoms with Gasteiger partial charge in [-0.1, -0.05) is 0 Å². The molecule has 1 aliphatic rings. The molecular formula is C11H14FNO4S. The lowest BCUT2D eigenvalue weighted by Crippen LogP contribution is -2.38. The highest BCUT2D eigenvalue weighted by atomic mass is 32.2. The highest BCUT2D eigenvalue weighted by Gasteiger charge is 2.44. The van der Waals surface area contributed by atoms with E-state index in [1.807, 2.05) is 0 Å². The number of benzene rings is 1. The summed E-state index contributed by atoms with van der Waals surface area (Å²) in [6.45, 7) is 0. The van der Waals surface area contributed by atoms with Gasteiger partial charge in [-0.15, -0.1) is 0 Å². The molecule has 0 bridgehead atoms. The van der Waals surface area contributed by atoms with Crippen LogP contribution in [0.5, 0.6) is 0 Å². The first kappa shape index (κ1) is 13.4. The number of aliphatic hydroxyl groups excluding tert-OH is 2. The summed E-state index contributed by atoms with van der Waals surface area (Å²) >= 11 is 0. The Bertz CT molecular complexity index is 530. The van der Waals surface area contributed by atoms with Crippen molar-refractivity contribution in [2.45, 2.75) is 29.0 Å². The summed E-state index contributed by atoms with van der Waals surface area (Å²) in [4.78, 5) is 1.17. The maximum atomic E-state index is 12.8. The third-order valence-electron chi connectivity index (χ3n) is 3.16. The number of rotatable bonds is 2. The Balaban J connectivity index is 2.35. The van der Waals surface area contributed by atoms with Crippen LogP contribution in [0.4, 0.5) is 4.39 Å². The minimum atomic E-state index is -3.73. The lowest BCUT2D eigenvalue weighted by Gasteiger charge is -2.22. The van der Waals surface area contributed by atoms with Gasteiger partial charge in [0, 0.05) is 6.42 Å². The average Bonchev–Trinajstić information content (AvgIpc) is 2.58. The van der Waals surface area contributed by atoms with Crippen LogP contribution in [0, 0.1) is 5.82 Å². The summed E-state index contributed by atoms with van der Waals surface area (Å²) in [7, 11) is -2.31. The van der Waals surface area contributed by atoms with E-state index in [0.29, 0.717) is 0 Å². The molecule has 0 aromatic heterocycles. The van der Waals surface area contributed by atoms with Gasteiger partial charge in [-0.2, -0.15) is 0 Å². The maximum Gasteiger partial charge on any atom is 0.194 e. The molecule has 2 N–H and O–H groups in total. The molecule has 1 heterocycles. The summed E-state index contributed by atoms with van der Waals surface area (Å²) in [5.41, 5.74) is 0. The first-order valence-corrected chi connectivity index (χ1v) is 6.96. The molecule has 0 aliphatic carbocycles. The van der Waals surface area contributed by atoms with Gasteiger partial charge < -0.3 is 10.2 Å². The standard InChI is InChI=1S/C11H14FNO4S/c1-13-10(6-9(14)11(13)15)18(16,17)8-4-2-7(12)3-5-8/h2-5,9-11,14-15H,6H2,1H3. The first-order chi connectivity index (χ1) is 8.34. The Morgan fingerprint density at radius 3 is 2.28 bits per heavy atom. The minimum Gasteiger partial charge on any atom is -0.389 e. The molecule has 1 fully saturated rings. The Morgan fingerprint density at radius 1 is 1.28 bits per heavy atom. The molecule has 1 aromatic rings. The van der Waals surface area contributed by atoms with Crippen molar-refractivity contribution in [2.75, 3.05) is 7.05 Å². The Hall–Kier alpha value is -1.02. The number of nitrogens with zero attached hydrogens (tertiary/aromatic N) is 1. The average molecular weight is 275 g/mol. The molecule has 2 rings (SSSR count). The third-order valence-corrected chi connectivity index (χ3v) is 5.33. The number of likely N-dealkylation sites (tertiary alicyclic amines) is 1. The summed E-state index contributed by atoms with van der Waals surface area (Å²) in [5, 5.41) is 18.0. The van der Waals surface area contributed by atoms with E-state index in [-0.39, 0.29) is 11.3 Å². The van der Waals surface area contributed by atoms with E-state index in [1.165, 1.54) is 24.1 Å². The number of sulfone groups is 1. The molecule has 1 aliphatic heterocycles. The van der Waals surface area contributed by atoms with Crippen LogP contribution in [0.15, 0.2) is 29.2 Å². The molecule has 0 saturated carbocycles. The monoisotopic (exact) mass is 275 g/mol. The van der Waals surface area contributed by atoms with Crippen LogP contribution in [-0.2, 0) is 9.84 Å². The first-order valence-electron chi connectivity index (χ1n) is 5.41. The van der Waals surface area contributed by atoms with Crippen molar-refractivity contribution in [1.29, 1.82) is 0 Å². The summed E-state index contributed by atoms with van der Waals surface area (Å²) in [5.74, 6) is -0.520. The van der Waals surface area contributed by atoms with Crippen molar-refractivity contribution in [3.63, 3.8) is 0 Å². The highest BCUT2D eigenvalue weighted by Crippen LogP contribution is 2.29. The highest BCUT2D eigenvalue weighted by molar-refractivity contribution is 7.92. The number of hydrogen-bond donors (Lipinski definition) is 2. The van der Waals surface area contributed by atoms with E-state index >= 15 is 0 Å². The zero-order valence-corrected chi connectivity index (χ0v) is 10.5. The maximum absolute atomic E-state index is 12.8. The number of likely N-dealkylation sites (N-methyl/N-ethyl adjacent to an activating group) is 1. The van der Waals surface area contributed by atoms with E-state index in [4.69, 9.17) is 0 Å². The molecule has 100 valence electrons. The minimum absolute atomic E-state index is 0.0259. The van der Waals surface area contributed by atoms with E-state index in [1.54, 1.807) is 0 Å². The topological polar surface area (TPSA) is 77.8 Å². The molecule has 3 atom stereocenters. The van der Waals surface area contributed by atoms with E-state index in [0.717, 1.165) is 12.1 Å². The second-order valence-electron chi connectivity index (χ2n) is 4.34. The van der Waals surface area contributed by atoms with Crippen LogP contribution in [0.1, 0.15) is 6.42 Å². The Morgan fingerprint density at radius 2 is 1.83 bits per heavy atom. The zero-order valence-electron chi connectivity index (χ0n) is 9.69. The second-order valence-corrected chi connectivity index (χ2v) is 6.44. The quantitative estimate of drug-likeness (QED) is 0.739. The number of aliphatic hydroxyl groups is 2. The molecule has 1 saturated heterocycles. The number of halogens is 1. The van der Waals surface area contributed by atoms with Crippen LogP contribution < -0.4 is 0 Å². The molecular weight excluding hydrogens is 261 g/mol. The van der Waals surface area contributed by atoms with Crippen molar-refractivity contribution in [3.8, 4) is 0 Å². The van der Waals surface area contributed by atoms with Crippen LogP contribution in [0.2, 0.25) is 0 Å². The molecule has 0 radical (unpaired) electrons. The van der Waals surface area contributed by atoms with Gasteiger partial charge in [0.05, 0.1) is 11.0 Å². The molecule has 3 unspecified atom stereocenters. The second kappa shape index (κ2) is 4.58. The molecule has 5 nitrogen and oxygen atoms in total. The van der Waals surface area contributed by atoms with Gasteiger partial charge in [0.25, 0.3) is 0 Å². The van der Waals surface area contributed by atoms with Crippen molar-refractivity contribution in [1.82, 2.24) is 4.90 Å². The summed E-state index contributed by atoms with van der Waals surface area (Å²) < 4.78 is 37.3. The van der Waals surface area contributed by atoms with E-state index in [9.17, 15) is 23.0 Å². The van der Waals surface area contributed by atoms with Gasteiger partial charge in [0.1, 0.15) is 17.4 Å². The smallest absolute Gasteiger partial charge is 0.194 e. The van der Waals surface area contributed by atoms with Crippen LogP contribution in [0.3, 0.4) is 0 Å². The van der Waals surface area contributed by atoms with Crippen molar-refractivity contribution >= 4 is 9.84 Å². The fourth-order valence-electron chi connectivity index (χ4n) is 2.06. The van der Waals surface area contributed by atoms with Crippen molar-refractivity contribution < 1.29 is 23.0 Å². The fourth-order valence-corrected chi connectivity index (χ4v) is 3.91. The third kappa shape index (κ3) is 2.14. The van der Waals surface area contributed by atoms with E-state index < -0.39 is 33.4 Å². The lowest BCUT2D eigenvalue weighted by atomic mass is 10.3. The SMILES string of the molecule is CN1C(O)C(O)CC1S(=O)(=O)c1ccc(F)cc1. The molecule has 1 aromatic carbocycles. The largest absolute Gasteiger partial charge is 0.389 e. The summed E-state index contributed by atoms with van der Waals surface area (Å²) in [6.07, 6.45) is -2.38.